The van der Waals surface area contributed by atoms with Crippen molar-refractivity contribution in [2.45, 2.75) is 19.9 Å². The second kappa shape index (κ2) is 7.43. The maximum Gasteiger partial charge on any atom is 0.264 e. The molecular weight excluding hydrogens is 356 g/mol. The largest absolute Gasteiger partial charge is 0.311 e. The molecule has 0 radical (unpaired) electrons. The van der Waals surface area contributed by atoms with Gasteiger partial charge >= 0.3 is 0 Å². The highest BCUT2D eigenvalue weighted by Gasteiger charge is 2.12. The smallest absolute Gasteiger partial charge is 0.264 e. The van der Waals surface area contributed by atoms with Crippen molar-refractivity contribution in [3.8, 4) is 5.69 Å². The Morgan fingerprint density at radius 3 is 2.75 bits per heavy atom. The van der Waals surface area contributed by atoms with Crippen LogP contribution in [0.3, 0.4) is 0 Å². The van der Waals surface area contributed by atoms with E-state index in [2.05, 4.69) is 20.4 Å². The lowest BCUT2D eigenvalue weighted by Gasteiger charge is -2.07. The molecule has 0 aliphatic rings. The van der Waals surface area contributed by atoms with E-state index in [1.54, 1.807) is 16.9 Å². The van der Waals surface area contributed by atoms with Crippen LogP contribution in [0.5, 0.6) is 0 Å². The van der Waals surface area contributed by atoms with Crippen molar-refractivity contribution in [2.24, 2.45) is 0 Å². The van der Waals surface area contributed by atoms with Crippen molar-refractivity contribution in [1.82, 2.24) is 24.3 Å². The lowest BCUT2D eigenvalue weighted by atomic mass is 10.3. The molecule has 0 saturated heterocycles. The van der Waals surface area contributed by atoms with Crippen LogP contribution in [-0.4, -0.2) is 30.2 Å². The van der Waals surface area contributed by atoms with Crippen molar-refractivity contribution in [2.75, 3.05) is 5.32 Å². The number of hydrogen-bond acceptors (Lipinski definition) is 5. The number of amides is 1. The third kappa shape index (κ3) is 3.52. The number of aromatic nitrogens is 5. The quantitative estimate of drug-likeness (QED) is 0.578. The summed E-state index contributed by atoms with van der Waals surface area (Å²) < 4.78 is 3.04. The summed E-state index contributed by atoms with van der Waals surface area (Å²) in [6.07, 6.45) is 4.72. The van der Waals surface area contributed by atoms with E-state index < -0.39 is 0 Å². The van der Waals surface area contributed by atoms with Crippen LogP contribution < -0.4 is 10.9 Å². The molecule has 1 aromatic carbocycles. The molecule has 0 fully saturated rings. The Morgan fingerprint density at radius 2 is 1.96 bits per heavy atom. The number of hydrogen-bond donors (Lipinski definition) is 1. The number of para-hydroxylation sites is 1. The second-order valence-corrected chi connectivity index (χ2v) is 6.39. The van der Waals surface area contributed by atoms with Crippen LogP contribution in [0, 0.1) is 6.92 Å². The van der Waals surface area contributed by atoms with Crippen LogP contribution in [0.4, 0.5) is 5.82 Å². The van der Waals surface area contributed by atoms with Crippen LogP contribution in [0.25, 0.3) is 16.7 Å². The Morgan fingerprint density at radius 1 is 1.14 bits per heavy atom. The van der Waals surface area contributed by atoms with E-state index in [4.69, 9.17) is 0 Å². The molecule has 3 heterocycles. The highest BCUT2D eigenvalue weighted by molar-refractivity contribution is 5.89. The van der Waals surface area contributed by atoms with Crippen molar-refractivity contribution in [3.05, 3.63) is 77.1 Å². The van der Waals surface area contributed by atoms with Crippen molar-refractivity contribution in [3.63, 3.8) is 0 Å². The van der Waals surface area contributed by atoms with Gasteiger partial charge in [-0.2, -0.15) is 5.10 Å². The van der Waals surface area contributed by atoms with E-state index in [0.717, 1.165) is 11.3 Å². The number of carbonyl (C=O) groups is 1. The number of nitrogens with one attached hydrogen (secondary N) is 1. The molecular formula is C20H18N6O2. The molecule has 8 nitrogen and oxygen atoms in total. The zero-order chi connectivity index (χ0) is 19.5. The third-order valence-corrected chi connectivity index (χ3v) is 4.32. The van der Waals surface area contributed by atoms with Gasteiger partial charge in [-0.05, 0) is 36.8 Å². The first-order chi connectivity index (χ1) is 13.6. The zero-order valence-corrected chi connectivity index (χ0v) is 15.2. The van der Waals surface area contributed by atoms with Gasteiger partial charge in [0.25, 0.3) is 5.56 Å². The fraction of sp³-hybridized carbons (Fsp3) is 0.150. The SMILES string of the molecule is Cc1ccnc(NC(=O)CCn2cnc3c(cnn3-c3ccccc3)c2=O)c1. The Kier molecular flexibility index (Phi) is 4.67. The number of pyridine rings is 1. The topological polar surface area (TPSA) is 94.7 Å². The predicted molar refractivity (Wildman–Crippen MR) is 105 cm³/mol. The molecule has 0 aliphatic carbocycles. The van der Waals surface area contributed by atoms with E-state index in [9.17, 15) is 9.59 Å². The monoisotopic (exact) mass is 374 g/mol. The maximum atomic E-state index is 12.7. The standard InChI is InChI=1S/C20H18N6O2/c1-14-7-9-21-17(11-14)24-18(27)8-10-25-13-22-19-16(20(25)28)12-23-26(19)15-5-3-2-4-6-15/h2-7,9,11-13H,8,10H2,1H3,(H,21,24,27). The molecule has 4 rings (SSSR count). The normalized spacial score (nSPS) is 10.9. The van der Waals surface area contributed by atoms with Gasteiger partial charge in [0.15, 0.2) is 5.65 Å². The molecule has 0 unspecified atom stereocenters. The van der Waals surface area contributed by atoms with Gasteiger partial charge < -0.3 is 5.32 Å². The summed E-state index contributed by atoms with van der Waals surface area (Å²) in [6.45, 7) is 2.14. The predicted octanol–water partition coefficient (Wildman–Crippen LogP) is 2.31. The third-order valence-electron chi connectivity index (χ3n) is 4.32. The summed E-state index contributed by atoms with van der Waals surface area (Å²) in [7, 11) is 0. The summed E-state index contributed by atoms with van der Waals surface area (Å²) in [4.78, 5) is 33.3. The molecule has 0 atom stereocenters. The fourth-order valence-electron chi connectivity index (χ4n) is 2.90. The van der Waals surface area contributed by atoms with E-state index >= 15 is 0 Å². The van der Waals surface area contributed by atoms with Gasteiger partial charge in [-0.1, -0.05) is 18.2 Å². The summed E-state index contributed by atoms with van der Waals surface area (Å²) in [5.74, 6) is 0.278. The minimum absolute atomic E-state index is 0.134. The fourth-order valence-corrected chi connectivity index (χ4v) is 2.90. The minimum Gasteiger partial charge on any atom is -0.311 e. The summed E-state index contributed by atoms with van der Waals surface area (Å²) >= 11 is 0. The van der Waals surface area contributed by atoms with Crippen LogP contribution in [-0.2, 0) is 11.3 Å². The van der Waals surface area contributed by atoms with E-state index in [1.165, 1.54) is 17.1 Å². The molecule has 0 spiro atoms. The van der Waals surface area contributed by atoms with Crippen LogP contribution in [0.1, 0.15) is 12.0 Å². The summed E-state index contributed by atoms with van der Waals surface area (Å²) in [5.41, 5.74) is 2.09. The van der Waals surface area contributed by atoms with E-state index in [0.29, 0.717) is 16.9 Å². The summed E-state index contributed by atoms with van der Waals surface area (Å²) in [6, 6.07) is 13.1. The number of nitrogens with zero attached hydrogens (tertiary/aromatic N) is 5. The van der Waals surface area contributed by atoms with Gasteiger partial charge in [-0.3, -0.25) is 14.2 Å². The number of carbonyl (C=O) groups excluding carboxylic acids is 1. The number of anilines is 1. The molecule has 1 N–H and O–H groups in total. The van der Waals surface area contributed by atoms with Crippen molar-refractivity contribution in [1.29, 1.82) is 0 Å². The molecule has 8 heteroatoms. The van der Waals surface area contributed by atoms with Gasteiger partial charge in [-0.15, -0.1) is 0 Å². The molecule has 0 aliphatic heterocycles. The second-order valence-electron chi connectivity index (χ2n) is 6.39. The lowest BCUT2D eigenvalue weighted by Crippen LogP contribution is -2.23. The Balaban J connectivity index is 1.51. The maximum absolute atomic E-state index is 12.7. The molecule has 28 heavy (non-hydrogen) atoms. The number of rotatable bonds is 5. The Hall–Kier alpha value is -3.81. The molecule has 3 aromatic heterocycles. The first-order valence-corrected chi connectivity index (χ1v) is 8.83. The van der Waals surface area contributed by atoms with E-state index in [-0.39, 0.29) is 24.4 Å². The van der Waals surface area contributed by atoms with Gasteiger partial charge in [0.05, 0.1) is 18.2 Å². The Labute approximate surface area is 160 Å². The van der Waals surface area contributed by atoms with Crippen LogP contribution >= 0.6 is 0 Å². The highest BCUT2D eigenvalue weighted by Crippen LogP contribution is 2.13. The zero-order valence-electron chi connectivity index (χ0n) is 15.2. The van der Waals surface area contributed by atoms with Crippen LogP contribution in [0.15, 0.2) is 66.0 Å². The van der Waals surface area contributed by atoms with Crippen molar-refractivity contribution >= 4 is 22.8 Å². The Bertz CT molecular complexity index is 1200. The van der Waals surface area contributed by atoms with Gasteiger partial charge in [0, 0.05) is 19.2 Å². The first-order valence-electron chi connectivity index (χ1n) is 8.83. The molecule has 4 aromatic rings. The number of fused-ring (bicyclic) bond motifs is 1. The highest BCUT2D eigenvalue weighted by atomic mass is 16.2. The van der Waals surface area contributed by atoms with Gasteiger partial charge in [-0.25, -0.2) is 14.6 Å². The number of benzene rings is 1. The minimum atomic E-state index is -0.228. The molecule has 0 saturated carbocycles. The van der Waals surface area contributed by atoms with Crippen LogP contribution in [0.2, 0.25) is 0 Å². The average Bonchev–Trinajstić information content (AvgIpc) is 3.13. The molecule has 1 amide bonds. The molecule has 140 valence electrons. The first kappa shape index (κ1) is 17.6. The lowest BCUT2D eigenvalue weighted by molar-refractivity contribution is -0.116. The van der Waals surface area contributed by atoms with E-state index in [1.807, 2.05) is 43.3 Å². The van der Waals surface area contributed by atoms with Gasteiger partial charge in [0.2, 0.25) is 5.91 Å². The molecule has 0 bridgehead atoms. The number of aryl methyl sites for hydroxylation is 2. The van der Waals surface area contributed by atoms with Crippen molar-refractivity contribution < 1.29 is 4.79 Å². The summed E-state index contributed by atoms with van der Waals surface area (Å²) in [5, 5.41) is 7.42. The van der Waals surface area contributed by atoms with Gasteiger partial charge in [0.1, 0.15) is 11.2 Å². The average molecular weight is 374 g/mol.